The number of benzene rings is 2. The normalized spacial score (nSPS) is 14.0. The summed E-state index contributed by atoms with van der Waals surface area (Å²) >= 11 is 6.35. The lowest BCUT2D eigenvalue weighted by Crippen LogP contribution is -2.49. The lowest BCUT2D eigenvalue weighted by molar-refractivity contribution is -0.127. The zero-order valence-corrected chi connectivity index (χ0v) is 19.8. The highest BCUT2D eigenvalue weighted by Gasteiger charge is 2.28. The highest BCUT2D eigenvalue weighted by molar-refractivity contribution is 6.33. The molecule has 9 heteroatoms. The lowest BCUT2D eigenvalue weighted by atomic mass is 9.96. The largest absolute Gasteiger partial charge is 0.331 e. The topological polar surface area (TPSA) is 94.6 Å². The minimum absolute atomic E-state index is 0.0638. The van der Waals surface area contributed by atoms with Crippen LogP contribution in [0.2, 0.25) is 5.02 Å². The molecule has 8 nitrogen and oxygen atoms in total. The van der Waals surface area contributed by atoms with Crippen LogP contribution in [0.5, 0.6) is 0 Å². The van der Waals surface area contributed by atoms with Gasteiger partial charge in [-0.25, -0.2) is 9.78 Å². The smallest absolute Gasteiger partial charge is 0.319 e. The molecule has 34 heavy (non-hydrogen) atoms. The molecule has 1 saturated heterocycles. The number of urea groups is 1. The summed E-state index contributed by atoms with van der Waals surface area (Å²) in [5.41, 5.74) is 7.41. The molecule has 4 amide bonds. The quantitative estimate of drug-likeness (QED) is 0.560. The van der Waals surface area contributed by atoms with Crippen LogP contribution in [0.25, 0.3) is 22.2 Å². The van der Waals surface area contributed by atoms with Gasteiger partial charge in [0, 0.05) is 49.1 Å². The van der Waals surface area contributed by atoms with Gasteiger partial charge in [-0.2, -0.15) is 0 Å². The van der Waals surface area contributed by atoms with Gasteiger partial charge in [-0.05, 0) is 31.0 Å². The number of fused-ring (bicyclic) bond motifs is 1. The first kappa shape index (κ1) is 23.5. The SMILES string of the molecule is CN(C)C(=O)N1CCC(C(=O)NNC(=O)c2cc(-c3ccccc3Cl)nc3ccccc23)CC1. The fraction of sp³-hybridized carbons (Fsp3) is 0.280. The van der Waals surface area contributed by atoms with Crippen molar-refractivity contribution in [3.8, 4) is 11.3 Å². The first-order chi connectivity index (χ1) is 16.3. The summed E-state index contributed by atoms with van der Waals surface area (Å²) in [7, 11) is 3.41. The number of piperidine rings is 1. The first-order valence-corrected chi connectivity index (χ1v) is 11.4. The van der Waals surface area contributed by atoms with Gasteiger partial charge < -0.3 is 9.80 Å². The number of pyridine rings is 1. The van der Waals surface area contributed by atoms with Gasteiger partial charge in [0.05, 0.1) is 16.8 Å². The van der Waals surface area contributed by atoms with Gasteiger partial charge in [0.15, 0.2) is 0 Å². The van der Waals surface area contributed by atoms with E-state index >= 15 is 0 Å². The third kappa shape index (κ3) is 4.97. The molecule has 1 aliphatic heterocycles. The summed E-state index contributed by atoms with van der Waals surface area (Å²) in [6, 6.07) is 16.2. The minimum atomic E-state index is -0.444. The molecule has 0 spiro atoms. The van der Waals surface area contributed by atoms with E-state index < -0.39 is 5.91 Å². The maximum Gasteiger partial charge on any atom is 0.319 e. The second kappa shape index (κ2) is 10.1. The fourth-order valence-electron chi connectivity index (χ4n) is 4.07. The number of carbonyl (C=O) groups excluding carboxylic acids is 3. The number of nitrogens with zero attached hydrogens (tertiary/aromatic N) is 3. The summed E-state index contributed by atoms with van der Waals surface area (Å²) in [5, 5.41) is 1.20. The summed E-state index contributed by atoms with van der Waals surface area (Å²) < 4.78 is 0. The van der Waals surface area contributed by atoms with Crippen LogP contribution < -0.4 is 10.9 Å². The molecule has 0 bridgehead atoms. The fourth-order valence-corrected chi connectivity index (χ4v) is 4.31. The molecule has 1 aliphatic rings. The van der Waals surface area contributed by atoms with Gasteiger partial charge in [0.1, 0.15) is 0 Å². The summed E-state index contributed by atoms with van der Waals surface area (Å²) in [6.45, 7) is 0.998. The van der Waals surface area contributed by atoms with Crippen LogP contribution in [-0.2, 0) is 4.79 Å². The van der Waals surface area contributed by atoms with E-state index in [0.29, 0.717) is 58.7 Å². The summed E-state index contributed by atoms with van der Waals surface area (Å²) in [6.07, 6.45) is 1.08. The number of hydrogen-bond acceptors (Lipinski definition) is 4. The monoisotopic (exact) mass is 479 g/mol. The second-order valence-corrected chi connectivity index (χ2v) is 8.84. The van der Waals surface area contributed by atoms with Crippen LogP contribution in [-0.4, -0.2) is 59.8 Å². The number of amides is 4. The molecule has 0 unspecified atom stereocenters. The predicted molar refractivity (Wildman–Crippen MR) is 131 cm³/mol. The standard InChI is InChI=1S/C25H26ClN5O3/c1-30(2)25(34)31-13-11-16(12-14-31)23(32)28-29-24(33)19-15-22(18-8-3-5-9-20(18)26)27-21-10-6-4-7-17(19)21/h3-10,15-16H,11-14H2,1-2H3,(H,28,32)(H,29,33). The number of carbonyl (C=O) groups is 3. The maximum atomic E-state index is 13.1. The molecule has 2 aromatic carbocycles. The van der Waals surface area contributed by atoms with E-state index in [1.165, 1.54) is 4.90 Å². The highest BCUT2D eigenvalue weighted by Crippen LogP contribution is 2.29. The zero-order chi connectivity index (χ0) is 24.2. The van der Waals surface area contributed by atoms with Crippen molar-refractivity contribution in [3.05, 3.63) is 65.2 Å². The molecule has 4 rings (SSSR count). The second-order valence-electron chi connectivity index (χ2n) is 8.43. The third-order valence-electron chi connectivity index (χ3n) is 5.93. The third-order valence-corrected chi connectivity index (χ3v) is 6.26. The Kier molecular flexibility index (Phi) is 6.98. The molecule has 2 N–H and O–H groups in total. The van der Waals surface area contributed by atoms with Gasteiger partial charge in [-0.15, -0.1) is 0 Å². The Bertz CT molecular complexity index is 1240. The Hall–Kier alpha value is -3.65. The Balaban J connectivity index is 1.48. The number of nitrogens with one attached hydrogen (secondary N) is 2. The first-order valence-electron chi connectivity index (χ1n) is 11.1. The molecule has 3 aromatic rings. The molecule has 0 aliphatic carbocycles. The average molecular weight is 480 g/mol. The van der Waals surface area contributed by atoms with E-state index in [1.807, 2.05) is 42.5 Å². The van der Waals surface area contributed by atoms with Gasteiger partial charge in [-0.1, -0.05) is 48.0 Å². The number of halogens is 1. The molecule has 0 atom stereocenters. The van der Waals surface area contributed by atoms with Crippen molar-refractivity contribution in [2.45, 2.75) is 12.8 Å². The molecule has 1 aromatic heterocycles. The molecular formula is C25H26ClN5O3. The number of hydrogen-bond donors (Lipinski definition) is 2. The molecule has 176 valence electrons. The van der Waals surface area contributed by atoms with Crippen molar-refractivity contribution in [2.75, 3.05) is 27.2 Å². The van der Waals surface area contributed by atoms with E-state index in [1.54, 1.807) is 31.1 Å². The van der Waals surface area contributed by atoms with Crippen LogP contribution in [0.3, 0.4) is 0 Å². The summed E-state index contributed by atoms with van der Waals surface area (Å²) in [4.78, 5) is 45.8. The van der Waals surface area contributed by atoms with Crippen molar-refractivity contribution < 1.29 is 14.4 Å². The van der Waals surface area contributed by atoms with Crippen LogP contribution in [0.15, 0.2) is 54.6 Å². The average Bonchev–Trinajstić information content (AvgIpc) is 2.86. The van der Waals surface area contributed by atoms with Crippen LogP contribution in [0.4, 0.5) is 4.79 Å². The van der Waals surface area contributed by atoms with Crippen molar-refractivity contribution in [2.24, 2.45) is 5.92 Å². The van der Waals surface area contributed by atoms with Crippen LogP contribution in [0, 0.1) is 5.92 Å². The Labute approximate surface area is 202 Å². The van der Waals surface area contributed by atoms with Gasteiger partial charge >= 0.3 is 6.03 Å². The maximum absolute atomic E-state index is 13.1. The Morgan fingerprint density at radius 1 is 1.00 bits per heavy atom. The molecule has 0 saturated carbocycles. The van der Waals surface area contributed by atoms with E-state index in [9.17, 15) is 14.4 Å². The van der Waals surface area contributed by atoms with Crippen LogP contribution in [0.1, 0.15) is 23.2 Å². The van der Waals surface area contributed by atoms with E-state index in [0.717, 1.165) is 0 Å². The van der Waals surface area contributed by atoms with E-state index in [-0.39, 0.29) is 17.9 Å². The number of para-hydroxylation sites is 1. The van der Waals surface area contributed by atoms with E-state index in [2.05, 4.69) is 15.8 Å². The Morgan fingerprint density at radius 3 is 2.38 bits per heavy atom. The van der Waals surface area contributed by atoms with Gasteiger partial charge in [0.25, 0.3) is 5.91 Å². The highest BCUT2D eigenvalue weighted by atomic mass is 35.5. The number of rotatable bonds is 3. The van der Waals surface area contributed by atoms with Crippen LogP contribution >= 0.6 is 11.6 Å². The van der Waals surface area contributed by atoms with Gasteiger partial charge in [-0.3, -0.25) is 20.4 Å². The number of aromatic nitrogens is 1. The lowest BCUT2D eigenvalue weighted by Gasteiger charge is -2.33. The van der Waals surface area contributed by atoms with E-state index in [4.69, 9.17) is 11.6 Å². The number of hydrazine groups is 1. The van der Waals surface area contributed by atoms with Crippen molar-refractivity contribution in [1.29, 1.82) is 0 Å². The van der Waals surface area contributed by atoms with Crippen molar-refractivity contribution in [1.82, 2.24) is 25.6 Å². The van der Waals surface area contributed by atoms with Gasteiger partial charge in [0.2, 0.25) is 5.91 Å². The van der Waals surface area contributed by atoms with Crippen molar-refractivity contribution in [3.63, 3.8) is 0 Å². The molecular weight excluding hydrogens is 454 g/mol. The number of likely N-dealkylation sites (tertiary alicyclic amines) is 1. The van der Waals surface area contributed by atoms with Crippen molar-refractivity contribution >= 4 is 40.3 Å². The molecule has 0 radical (unpaired) electrons. The zero-order valence-electron chi connectivity index (χ0n) is 19.0. The summed E-state index contributed by atoms with van der Waals surface area (Å²) in [5.74, 6) is -0.991. The minimum Gasteiger partial charge on any atom is -0.331 e. The predicted octanol–water partition coefficient (Wildman–Crippen LogP) is 3.71. The molecule has 2 heterocycles. The molecule has 1 fully saturated rings. The Morgan fingerprint density at radius 2 is 1.68 bits per heavy atom.